The number of carbonyl (C=O) groups is 1. The number of aromatic nitrogens is 3. The van der Waals surface area contributed by atoms with Gasteiger partial charge in [0.15, 0.2) is 11.0 Å². The van der Waals surface area contributed by atoms with E-state index in [9.17, 15) is 9.90 Å². The third kappa shape index (κ3) is 6.62. The molecule has 0 spiro atoms. The quantitative estimate of drug-likeness (QED) is 0.170. The number of hydrazone groups is 1. The van der Waals surface area contributed by atoms with Crippen LogP contribution < -0.4 is 10.7 Å². The first-order valence-corrected chi connectivity index (χ1v) is 12.0. The molecule has 1 heterocycles. The van der Waals surface area contributed by atoms with E-state index in [0.717, 1.165) is 11.4 Å². The normalized spacial score (nSPS) is 11.9. The van der Waals surface area contributed by atoms with Gasteiger partial charge in [-0.25, -0.2) is 5.43 Å². The van der Waals surface area contributed by atoms with Crippen LogP contribution in [0.2, 0.25) is 5.02 Å². The highest BCUT2D eigenvalue weighted by Gasteiger charge is 2.21. The van der Waals surface area contributed by atoms with Crippen molar-refractivity contribution in [2.75, 3.05) is 5.32 Å². The average Bonchev–Trinajstić information content (AvgIpc) is 3.26. The number of rotatable bonds is 9. The summed E-state index contributed by atoms with van der Waals surface area (Å²) in [4.78, 5) is 12.6. The summed E-state index contributed by atoms with van der Waals surface area (Å²) in [6.45, 7) is 2.21. The summed E-state index contributed by atoms with van der Waals surface area (Å²) in [5.74, 6) is 0.545. The number of nitrogens with zero attached hydrogens (tertiary/aromatic N) is 4. The summed E-state index contributed by atoms with van der Waals surface area (Å²) < 4.78 is 1.92. The SMILES string of the molecule is CC(Sc1nnc(CNc2ccc(Cl)cc2)n1-c1ccccc1)C(=O)NN=Cc1cccc(O)c1. The van der Waals surface area contributed by atoms with E-state index >= 15 is 0 Å². The van der Waals surface area contributed by atoms with Gasteiger partial charge in [0.2, 0.25) is 0 Å². The van der Waals surface area contributed by atoms with Crippen LogP contribution in [0.25, 0.3) is 5.69 Å². The van der Waals surface area contributed by atoms with Gasteiger partial charge in [-0.15, -0.1) is 10.2 Å². The highest BCUT2D eigenvalue weighted by Crippen LogP contribution is 2.26. The van der Waals surface area contributed by atoms with Crippen LogP contribution in [-0.4, -0.2) is 37.2 Å². The molecule has 0 radical (unpaired) electrons. The first-order valence-electron chi connectivity index (χ1n) is 10.8. The zero-order chi connectivity index (χ0) is 24.6. The number of benzene rings is 3. The predicted octanol–water partition coefficient (Wildman–Crippen LogP) is 4.87. The average molecular weight is 507 g/mol. The number of para-hydroxylation sites is 1. The third-order valence-electron chi connectivity index (χ3n) is 4.92. The highest BCUT2D eigenvalue weighted by molar-refractivity contribution is 8.00. The van der Waals surface area contributed by atoms with Gasteiger partial charge in [-0.1, -0.05) is 53.7 Å². The molecule has 0 aliphatic carbocycles. The van der Waals surface area contributed by atoms with E-state index in [0.29, 0.717) is 28.1 Å². The molecule has 35 heavy (non-hydrogen) atoms. The monoisotopic (exact) mass is 506 g/mol. The summed E-state index contributed by atoms with van der Waals surface area (Å²) >= 11 is 7.26. The van der Waals surface area contributed by atoms with Gasteiger partial charge >= 0.3 is 0 Å². The van der Waals surface area contributed by atoms with Gasteiger partial charge in [-0.2, -0.15) is 5.10 Å². The molecule has 3 N–H and O–H groups in total. The van der Waals surface area contributed by atoms with Gasteiger partial charge in [0.1, 0.15) is 5.75 Å². The van der Waals surface area contributed by atoms with E-state index in [1.807, 2.05) is 59.2 Å². The zero-order valence-electron chi connectivity index (χ0n) is 18.8. The molecule has 4 aromatic rings. The van der Waals surface area contributed by atoms with Crippen LogP contribution in [-0.2, 0) is 11.3 Å². The van der Waals surface area contributed by atoms with Gasteiger partial charge in [0, 0.05) is 16.4 Å². The fraction of sp³-hybridized carbons (Fsp3) is 0.120. The summed E-state index contributed by atoms with van der Waals surface area (Å²) in [5, 5.41) is 26.3. The van der Waals surface area contributed by atoms with Gasteiger partial charge < -0.3 is 10.4 Å². The largest absolute Gasteiger partial charge is 0.508 e. The fourth-order valence-corrected chi connectivity index (χ4v) is 4.16. The number of amides is 1. The number of anilines is 1. The molecule has 1 amide bonds. The number of hydrogen-bond donors (Lipinski definition) is 3. The van der Waals surface area contributed by atoms with Crippen LogP contribution in [0, 0.1) is 0 Å². The Morgan fingerprint density at radius 3 is 2.63 bits per heavy atom. The van der Waals surface area contributed by atoms with Crippen LogP contribution in [0.4, 0.5) is 5.69 Å². The number of carbonyl (C=O) groups excluding carboxylic acids is 1. The van der Waals surface area contributed by atoms with Gasteiger partial charge in [-0.3, -0.25) is 9.36 Å². The maximum absolute atomic E-state index is 12.6. The van der Waals surface area contributed by atoms with Crippen molar-refractivity contribution >= 4 is 41.2 Å². The Labute approximate surface area is 212 Å². The Hall–Kier alpha value is -3.82. The number of hydrogen-bond acceptors (Lipinski definition) is 7. The van der Waals surface area contributed by atoms with Gasteiger partial charge in [-0.05, 0) is 61.0 Å². The predicted molar refractivity (Wildman–Crippen MR) is 139 cm³/mol. The van der Waals surface area contributed by atoms with Crippen molar-refractivity contribution in [3.8, 4) is 11.4 Å². The first-order chi connectivity index (χ1) is 17.0. The molecule has 0 saturated heterocycles. The molecule has 1 aromatic heterocycles. The lowest BCUT2D eigenvalue weighted by Gasteiger charge is -2.13. The summed E-state index contributed by atoms with van der Waals surface area (Å²) in [6, 6.07) is 23.7. The van der Waals surface area contributed by atoms with E-state index in [1.165, 1.54) is 18.0 Å². The van der Waals surface area contributed by atoms with Crippen LogP contribution in [0.15, 0.2) is 89.1 Å². The minimum atomic E-state index is -0.486. The molecule has 0 fully saturated rings. The fourth-order valence-electron chi connectivity index (χ4n) is 3.15. The molecule has 10 heteroatoms. The third-order valence-corrected chi connectivity index (χ3v) is 6.21. The van der Waals surface area contributed by atoms with Gasteiger partial charge in [0.25, 0.3) is 5.91 Å². The number of nitrogens with one attached hydrogen (secondary N) is 2. The lowest BCUT2D eigenvalue weighted by molar-refractivity contribution is -0.120. The van der Waals surface area contributed by atoms with Crippen LogP contribution >= 0.6 is 23.4 Å². The van der Waals surface area contributed by atoms with Crippen LogP contribution in [0.3, 0.4) is 0 Å². The molecule has 0 bridgehead atoms. The van der Waals surface area contributed by atoms with E-state index in [2.05, 4.69) is 26.0 Å². The summed E-state index contributed by atoms with van der Waals surface area (Å²) in [5.41, 5.74) is 5.01. The number of phenolic OH excluding ortho intramolecular Hbond substituents is 1. The summed E-state index contributed by atoms with van der Waals surface area (Å²) in [7, 11) is 0. The van der Waals surface area contributed by atoms with E-state index < -0.39 is 5.25 Å². The molecule has 0 saturated carbocycles. The van der Waals surface area contributed by atoms with Crippen molar-refractivity contribution in [2.24, 2.45) is 5.10 Å². The van der Waals surface area contributed by atoms with Crippen molar-refractivity contribution in [3.05, 3.63) is 95.3 Å². The number of aromatic hydroxyl groups is 1. The second-order valence-electron chi connectivity index (χ2n) is 7.52. The van der Waals surface area contributed by atoms with Crippen molar-refractivity contribution in [2.45, 2.75) is 23.9 Å². The van der Waals surface area contributed by atoms with Crippen molar-refractivity contribution in [1.29, 1.82) is 0 Å². The first kappa shape index (κ1) is 24.3. The minimum absolute atomic E-state index is 0.130. The van der Waals surface area contributed by atoms with Crippen LogP contribution in [0.5, 0.6) is 5.75 Å². The Morgan fingerprint density at radius 1 is 1.11 bits per heavy atom. The lowest BCUT2D eigenvalue weighted by atomic mass is 10.2. The molecule has 1 atom stereocenters. The Kier molecular flexibility index (Phi) is 8.02. The Balaban J connectivity index is 1.47. The van der Waals surface area contributed by atoms with E-state index in [4.69, 9.17) is 11.6 Å². The maximum atomic E-state index is 12.6. The van der Waals surface area contributed by atoms with E-state index in [1.54, 1.807) is 31.2 Å². The second-order valence-corrected chi connectivity index (χ2v) is 9.26. The smallest absolute Gasteiger partial charge is 0.253 e. The lowest BCUT2D eigenvalue weighted by Crippen LogP contribution is -2.27. The maximum Gasteiger partial charge on any atom is 0.253 e. The molecular formula is C25H23ClN6O2S. The summed E-state index contributed by atoms with van der Waals surface area (Å²) in [6.07, 6.45) is 1.47. The molecule has 1 unspecified atom stereocenters. The highest BCUT2D eigenvalue weighted by atomic mass is 35.5. The van der Waals surface area contributed by atoms with Crippen molar-refractivity contribution in [3.63, 3.8) is 0 Å². The molecule has 0 aliphatic rings. The Bertz CT molecular complexity index is 1310. The number of halogens is 1. The number of phenols is 1. The second kappa shape index (κ2) is 11.5. The Morgan fingerprint density at radius 2 is 1.89 bits per heavy atom. The molecular weight excluding hydrogens is 484 g/mol. The molecule has 0 aliphatic heterocycles. The van der Waals surface area contributed by atoms with Crippen LogP contribution in [0.1, 0.15) is 18.3 Å². The van der Waals surface area contributed by atoms with Crippen molar-refractivity contribution < 1.29 is 9.90 Å². The number of thioether (sulfide) groups is 1. The molecule has 4 rings (SSSR count). The molecule has 178 valence electrons. The minimum Gasteiger partial charge on any atom is -0.508 e. The van der Waals surface area contributed by atoms with Crippen molar-refractivity contribution in [1.82, 2.24) is 20.2 Å². The standard InChI is InChI=1S/C25H23ClN6O2S/c1-17(24(34)30-28-15-18-6-5-9-22(33)14-18)35-25-31-29-23(32(25)21-7-3-2-4-8-21)16-27-20-12-10-19(26)11-13-20/h2-15,17,27,33H,16H2,1H3,(H,30,34). The molecule has 8 nitrogen and oxygen atoms in total. The molecule has 3 aromatic carbocycles. The van der Waals surface area contributed by atoms with E-state index in [-0.39, 0.29) is 11.7 Å². The zero-order valence-corrected chi connectivity index (χ0v) is 20.4. The topological polar surface area (TPSA) is 104 Å². The van der Waals surface area contributed by atoms with Gasteiger partial charge in [0.05, 0.1) is 18.0 Å².